The molecular weight excluding hydrogens is 233 g/mol. The molecule has 0 aromatic carbocycles. The number of carbonyl (C=O) groups excluding carboxylic acids is 1. The molecule has 0 bridgehead atoms. The lowest BCUT2D eigenvalue weighted by molar-refractivity contribution is -0.303. The van der Waals surface area contributed by atoms with Crippen molar-refractivity contribution in [3.8, 4) is 0 Å². The van der Waals surface area contributed by atoms with Crippen LogP contribution >= 0.6 is 0 Å². The molecule has 0 heterocycles. The summed E-state index contributed by atoms with van der Waals surface area (Å²) in [6.07, 6.45) is 1.17. The molecule has 0 aliphatic carbocycles. The molecule has 0 aliphatic heterocycles. The predicted molar refractivity (Wildman–Crippen MR) is 59.3 cm³/mol. The summed E-state index contributed by atoms with van der Waals surface area (Å²) in [7, 11) is 0. The van der Waals surface area contributed by atoms with Gasteiger partial charge in [0.15, 0.2) is 0 Å². The molecule has 5 heteroatoms. The first-order chi connectivity index (χ1) is 7.90. The maximum absolute atomic E-state index is 11.9. The van der Waals surface area contributed by atoms with E-state index in [0.29, 0.717) is 19.3 Å². The zero-order valence-corrected chi connectivity index (χ0v) is 10.3. The molecule has 0 aromatic rings. The highest BCUT2D eigenvalue weighted by Crippen LogP contribution is 2.21. The van der Waals surface area contributed by atoms with Gasteiger partial charge >= 0.3 is 12.3 Å². The number of alkyl halides is 3. The first kappa shape index (κ1) is 16.0. The van der Waals surface area contributed by atoms with Crippen LogP contribution < -0.4 is 0 Å². The minimum Gasteiger partial charge on any atom is -0.369 e. The van der Waals surface area contributed by atoms with E-state index in [1.165, 1.54) is 6.08 Å². The average Bonchev–Trinajstić information content (AvgIpc) is 2.20. The van der Waals surface area contributed by atoms with E-state index in [4.69, 9.17) is 0 Å². The van der Waals surface area contributed by atoms with Crippen LogP contribution in [0.5, 0.6) is 0 Å². The Balaban J connectivity index is 4.23. The number of halogens is 3. The second-order valence-electron chi connectivity index (χ2n) is 3.78. The topological polar surface area (TPSA) is 26.3 Å². The highest BCUT2D eigenvalue weighted by Gasteiger charge is 2.34. The van der Waals surface area contributed by atoms with Gasteiger partial charge in [0, 0.05) is 5.57 Å². The number of allylic oxidation sites excluding steroid dienone is 1. The third-order valence-corrected chi connectivity index (χ3v) is 2.22. The van der Waals surface area contributed by atoms with Crippen LogP contribution in [0.3, 0.4) is 0 Å². The first-order valence-electron chi connectivity index (χ1n) is 5.89. The summed E-state index contributed by atoms with van der Waals surface area (Å²) in [6, 6.07) is 0. The predicted octanol–water partition coefficient (Wildman–Crippen LogP) is 4.36. The Kier molecular flexibility index (Phi) is 7.66. The number of carbonyl (C=O) groups is 1. The van der Waals surface area contributed by atoms with Crippen molar-refractivity contribution in [2.45, 2.75) is 58.7 Å². The van der Waals surface area contributed by atoms with Gasteiger partial charge in [0.2, 0.25) is 0 Å². The summed E-state index contributed by atoms with van der Waals surface area (Å²) in [6.45, 7) is 3.81. The van der Waals surface area contributed by atoms with Crippen molar-refractivity contribution < 1.29 is 22.7 Å². The molecule has 0 saturated heterocycles. The number of ether oxygens (including phenoxy) is 1. The molecule has 0 unspecified atom stereocenters. The van der Waals surface area contributed by atoms with Gasteiger partial charge in [0.1, 0.15) is 0 Å². The normalized spacial score (nSPS) is 12.6. The highest BCUT2D eigenvalue weighted by molar-refractivity contribution is 5.88. The van der Waals surface area contributed by atoms with Crippen LogP contribution in [0.2, 0.25) is 0 Å². The van der Waals surface area contributed by atoms with Gasteiger partial charge in [0.25, 0.3) is 0 Å². The maximum atomic E-state index is 11.9. The maximum Gasteiger partial charge on any atom is 0.575 e. The van der Waals surface area contributed by atoms with Gasteiger partial charge in [-0.3, -0.25) is 0 Å². The van der Waals surface area contributed by atoms with Crippen LogP contribution in [-0.2, 0) is 9.53 Å². The molecule has 100 valence electrons. The van der Waals surface area contributed by atoms with Crippen molar-refractivity contribution in [1.82, 2.24) is 0 Å². The van der Waals surface area contributed by atoms with E-state index < -0.39 is 12.3 Å². The quantitative estimate of drug-likeness (QED) is 0.382. The van der Waals surface area contributed by atoms with Gasteiger partial charge < -0.3 is 4.74 Å². The molecule has 0 amide bonds. The molecule has 17 heavy (non-hydrogen) atoms. The van der Waals surface area contributed by atoms with Crippen LogP contribution in [0.1, 0.15) is 52.4 Å². The second-order valence-corrected chi connectivity index (χ2v) is 3.78. The fraction of sp³-hybridized carbons (Fsp3) is 0.750. The average molecular weight is 252 g/mol. The van der Waals surface area contributed by atoms with Gasteiger partial charge in [-0.25, -0.2) is 4.79 Å². The number of rotatable bonds is 7. The van der Waals surface area contributed by atoms with E-state index in [2.05, 4.69) is 4.74 Å². The van der Waals surface area contributed by atoms with Crippen LogP contribution in [0.4, 0.5) is 13.2 Å². The zero-order valence-electron chi connectivity index (χ0n) is 10.3. The Morgan fingerprint density at radius 3 is 2.29 bits per heavy atom. The van der Waals surface area contributed by atoms with Gasteiger partial charge in [0.05, 0.1) is 0 Å². The SMILES string of the molecule is CCC=C(CCCCCC)C(=O)OC(F)(F)F. The molecule has 0 aromatic heterocycles. The summed E-state index contributed by atoms with van der Waals surface area (Å²) in [5, 5.41) is 0. The minimum atomic E-state index is -4.90. The Morgan fingerprint density at radius 2 is 1.82 bits per heavy atom. The Labute approximate surface area is 99.8 Å². The molecule has 0 aliphatic rings. The van der Waals surface area contributed by atoms with E-state index in [0.717, 1.165) is 19.3 Å². The largest absolute Gasteiger partial charge is 0.575 e. The molecule has 0 atom stereocenters. The standard InChI is InChI=1S/C12H19F3O2/c1-3-5-6-7-9-10(8-4-2)11(16)17-12(13,14)15/h8H,3-7,9H2,1-2H3. The zero-order chi connectivity index (χ0) is 13.3. The molecular formula is C12H19F3O2. The third-order valence-electron chi connectivity index (χ3n) is 2.22. The smallest absolute Gasteiger partial charge is 0.369 e. The molecule has 2 nitrogen and oxygen atoms in total. The summed E-state index contributed by atoms with van der Waals surface area (Å²) in [5.41, 5.74) is 0.126. The Morgan fingerprint density at radius 1 is 1.18 bits per heavy atom. The lowest BCUT2D eigenvalue weighted by Crippen LogP contribution is -2.20. The fourth-order valence-corrected chi connectivity index (χ4v) is 1.45. The van der Waals surface area contributed by atoms with Crippen LogP contribution in [0, 0.1) is 0 Å². The molecule has 0 N–H and O–H groups in total. The molecule has 0 spiro atoms. The van der Waals surface area contributed by atoms with Gasteiger partial charge in [-0.1, -0.05) is 39.2 Å². The van der Waals surface area contributed by atoms with Crippen LogP contribution in [-0.4, -0.2) is 12.3 Å². The molecule has 0 rings (SSSR count). The monoisotopic (exact) mass is 252 g/mol. The summed E-state index contributed by atoms with van der Waals surface area (Å²) >= 11 is 0. The number of unbranched alkanes of at least 4 members (excludes halogenated alkanes) is 3. The number of esters is 1. The van der Waals surface area contributed by atoms with Gasteiger partial charge in [-0.05, 0) is 19.3 Å². The van der Waals surface area contributed by atoms with Gasteiger partial charge in [-0.2, -0.15) is 0 Å². The number of hydrogen-bond acceptors (Lipinski definition) is 2. The lowest BCUT2D eigenvalue weighted by Gasteiger charge is -2.10. The lowest BCUT2D eigenvalue weighted by atomic mass is 10.1. The summed E-state index contributed by atoms with van der Waals surface area (Å²) < 4.78 is 39.0. The van der Waals surface area contributed by atoms with E-state index in [1.54, 1.807) is 6.92 Å². The highest BCUT2D eigenvalue weighted by atomic mass is 19.4. The third kappa shape index (κ3) is 8.77. The molecule has 0 radical (unpaired) electrons. The second kappa shape index (κ2) is 8.14. The van der Waals surface area contributed by atoms with E-state index in [-0.39, 0.29) is 5.57 Å². The van der Waals surface area contributed by atoms with E-state index in [1.807, 2.05) is 6.92 Å². The van der Waals surface area contributed by atoms with E-state index >= 15 is 0 Å². The van der Waals surface area contributed by atoms with E-state index in [9.17, 15) is 18.0 Å². The van der Waals surface area contributed by atoms with Crippen molar-refractivity contribution in [3.63, 3.8) is 0 Å². The van der Waals surface area contributed by atoms with Crippen molar-refractivity contribution in [1.29, 1.82) is 0 Å². The van der Waals surface area contributed by atoms with Crippen molar-refractivity contribution in [2.24, 2.45) is 0 Å². The van der Waals surface area contributed by atoms with Crippen molar-refractivity contribution in [3.05, 3.63) is 11.6 Å². The molecule has 0 saturated carbocycles. The van der Waals surface area contributed by atoms with Crippen LogP contribution in [0.25, 0.3) is 0 Å². The van der Waals surface area contributed by atoms with Crippen LogP contribution in [0.15, 0.2) is 11.6 Å². The van der Waals surface area contributed by atoms with Gasteiger partial charge in [-0.15, -0.1) is 13.2 Å². The summed E-state index contributed by atoms with van der Waals surface area (Å²) in [5.74, 6) is -1.27. The Hall–Kier alpha value is -1.00. The van der Waals surface area contributed by atoms with Crippen molar-refractivity contribution in [2.75, 3.05) is 0 Å². The molecule has 0 fully saturated rings. The summed E-state index contributed by atoms with van der Waals surface area (Å²) in [4.78, 5) is 11.2. The number of hydrogen-bond donors (Lipinski definition) is 0. The first-order valence-corrected chi connectivity index (χ1v) is 5.89. The Bertz CT molecular complexity index is 257. The minimum absolute atomic E-state index is 0.126. The van der Waals surface area contributed by atoms with Crippen molar-refractivity contribution >= 4 is 5.97 Å². The fourth-order valence-electron chi connectivity index (χ4n) is 1.45.